The lowest BCUT2D eigenvalue weighted by Crippen LogP contribution is -2.37. The van der Waals surface area contributed by atoms with Crippen LogP contribution in [0.4, 0.5) is 0 Å². The fraction of sp³-hybridized carbons (Fsp3) is 0.276. The van der Waals surface area contributed by atoms with Crippen molar-refractivity contribution >= 4 is 5.78 Å². The minimum Gasteiger partial charge on any atom is -0.360 e. The first-order valence-electron chi connectivity index (χ1n) is 11.5. The Labute approximate surface area is 185 Å². The van der Waals surface area contributed by atoms with Crippen molar-refractivity contribution in [3.05, 3.63) is 119 Å². The Morgan fingerprint density at radius 2 is 1.32 bits per heavy atom. The fourth-order valence-electron chi connectivity index (χ4n) is 5.49. The Balaban J connectivity index is 1.60. The molecule has 0 amide bonds. The minimum absolute atomic E-state index is 0.110. The fourth-order valence-corrected chi connectivity index (χ4v) is 5.49. The predicted octanol–water partition coefficient (Wildman–Crippen LogP) is 6.81. The number of carbonyl (C=O) groups excluding carboxylic acids is 1. The van der Waals surface area contributed by atoms with Gasteiger partial charge < -0.3 is 4.90 Å². The highest BCUT2D eigenvalue weighted by Crippen LogP contribution is 2.47. The van der Waals surface area contributed by atoms with Crippen LogP contribution in [0.2, 0.25) is 0 Å². The zero-order valence-electron chi connectivity index (χ0n) is 17.9. The maximum Gasteiger partial charge on any atom is 0.187 e. The molecule has 1 saturated carbocycles. The Morgan fingerprint density at radius 3 is 1.94 bits per heavy atom. The second-order valence-electron chi connectivity index (χ2n) is 8.81. The monoisotopic (exact) mass is 407 g/mol. The maximum atomic E-state index is 13.1. The molecule has 2 aliphatic rings. The summed E-state index contributed by atoms with van der Waals surface area (Å²) in [4.78, 5) is 15.7. The number of nitrogens with zero attached hydrogens (tertiary/aromatic N) is 1. The highest BCUT2D eigenvalue weighted by molar-refractivity contribution is 6.04. The van der Waals surface area contributed by atoms with Gasteiger partial charge in [-0.2, -0.15) is 0 Å². The molecule has 3 aromatic rings. The molecule has 0 radical (unpaired) electrons. The lowest BCUT2D eigenvalue weighted by Gasteiger charge is -2.39. The lowest BCUT2D eigenvalue weighted by molar-refractivity contribution is 0.104. The molecule has 2 nitrogen and oxygen atoms in total. The number of carbonyl (C=O) groups is 1. The van der Waals surface area contributed by atoms with E-state index in [1.54, 1.807) is 0 Å². The molecule has 0 bridgehead atoms. The molecular weight excluding hydrogens is 378 g/mol. The molecule has 0 N–H and O–H groups in total. The summed E-state index contributed by atoms with van der Waals surface area (Å²) in [5, 5.41) is 0. The topological polar surface area (TPSA) is 20.3 Å². The molecular formula is C29H29NO. The van der Waals surface area contributed by atoms with Gasteiger partial charge in [-0.25, -0.2) is 0 Å². The standard InChI is InChI=1S/C29H29NO/c31-28(22-12-4-1-5-13-22)21-26-20-25-18-10-11-19-27(25)30(26)29(23-14-6-2-7-15-23)24-16-8-3-9-17-24/h1-9,12-17,21,25,27,29H,10-11,18-20H2/b26-21+/t25-,27-/m1/s1. The van der Waals surface area contributed by atoms with Crippen LogP contribution in [0.3, 0.4) is 0 Å². The number of benzene rings is 3. The van der Waals surface area contributed by atoms with Crippen molar-refractivity contribution in [2.75, 3.05) is 0 Å². The summed E-state index contributed by atoms with van der Waals surface area (Å²) in [5.74, 6) is 0.748. The molecule has 1 aliphatic carbocycles. The van der Waals surface area contributed by atoms with E-state index in [0.29, 0.717) is 12.0 Å². The van der Waals surface area contributed by atoms with Gasteiger partial charge in [0.2, 0.25) is 0 Å². The number of hydrogen-bond donors (Lipinski definition) is 0. The van der Waals surface area contributed by atoms with Gasteiger partial charge in [0, 0.05) is 23.4 Å². The third kappa shape index (κ3) is 4.07. The largest absolute Gasteiger partial charge is 0.360 e. The van der Waals surface area contributed by atoms with Gasteiger partial charge >= 0.3 is 0 Å². The summed E-state index contributed by atoms with van der Waals surface area (Å²) in [6.07, 6.45) is 7.96. The van der Waals surface area contributed by atoms with E-state index in [0.717, 1.165) is 12.0 Å². The first kappa shape index (κ1) is 19.8. The maximum absolute atomic E-state index is 13.1. The van der Waals surface area contributed by atoms with Crippen LogP contribution in [0.1, 0.15) is 59.6 Å². The minimum atomic E-state index is 0.110. The first-order chi connectivity index (χ1) is 15.3. The number of likely N-dealkylation sites (tertiary alicyclic amines) is 1. The van der Waals surface area contributed by atoms with E-state index >= 15 is 0 Å². The van der Waals surface area contributed by atoms with Gasteiger partial charge in [-0.05, 0) is 36.3 Å². The van der Waals surface area contributed by atoms with Gasteiger partial charge in [-0.1, -0.05) is 104 Å². The van der Waals surface area contributed by atoms with Crippen LogP contribution < -0.4 is 0 Å². The molecule has 2 heteroatoms. The van der Waals surface area contributed by atoms with E-state index in [4.69, 9.17) is 0 Å². The summed E-state index contributed by atoms with van der Waals surface area (Å²) >= 11 is 0. The van der Waals surface area contributed by atoms with Gasteiger partial charge in [0.05, 0.1) is 6.04 Å². The van der Waals surface area contributed by atoms with Gasteiger partial charge in [-0.15, -0.1) is 0 Å². The molecule has 1 heterocycles. The second-order valence-corrected chi connectivity index (χ2v) is 8.81. The van der Waals surface area contributed by atoms with Crippen molar-refractivity contribution < 1.29 is 4.79 Å². The second kappa shape index (κ2) is 8.93. The third-order valence-electron chi connectivity index (χ3n) is 6.89. The number of hydrogen-bond acceptors (Lipinski definition) is 2. The molecule has 2 atom stereocenters. The van der Waals surface area contributed by atoms with Crippen LogP contribution in [-0.4, -0.2) is 16.7 Å². The molecule has 0 aromatic heterocycles. The molecule has 2 fully saturated rings. The summed E-state index contributed by atoms with van der Waals surface area (Å²) < 4.78 is 0. The van der Waals surface area contributed by atoms with Crippen molar-refractivity contribution in [2.24, 2.45) is 5.92 Å². The molecule has 156 valence electrons. The Morgan fingerprint density at radius 1 is 0.774 bits per heavy atom. The molecule has 3 aromatic carbocycles. The molecule has 0 unspecified atom stereocenters. The SMILES string of the molecule is O=C(/C=C1\C[C@H]2CCCC[C@H]2N1C(c1ccccc1)c1ccccc1)c1ccccc1. The molecule has 5 rings (SSSR count). The molecule has 31 heavy (non-hydrogen) atoms. The summed E-state index contributed by atoms with van der Waals surface area (Å²) in [6.45, 7) is 0. The molecule has 1 aliphatic heterocycles. The van der Waals surface area contributed by atoms with Crippen LogP contribution in [0.25, 0.3) is 0 Å². The summed E-state index contributed by atoms with van der Waals surface area (Å²) in [5.41, 5.74) is 4.54. The Kier molecular flexibility index (Phi) is 5.71. The summed E-state index contributed by atoms with van der Waals surface area (Å²) in [7, 11) is 0. The highest BCUT2D eigenvalue weighted by atomic mass is 16.1. The van der Waals surface area contributed by atoms with Crippen LogP contribution >= 0.6 is 0 Å². The predicted molar refractivity (Wildman–Crippen MR) is 126 cm³/mol. The molecule has 1 saturated heterocycles. The highest BCUT2D eigenvalue weighted by Gasteiger charge is 2.42. The lowest BCUT2D eigenvalue weighted by atomic mass is 9.84. The van der Waals surface area contributed by atoms with Gasteiger partial charge in [0.25, 0.3) is 0 Å². The van der Waals surface area contributed by atoms with E-state index in [1.807, 2.05) is 36.4 Å². The van der Waals surface area contributed by atoms with Crippen molar-refractivity contribution in [3.63, 3.8) is 0 Å². The van der Waals surface area contributed by atoms with Gasteiger partial charge in [0.1, 0.15) is 0 Å². The van der Waals surface area contributed by atoms with Crippen molar-refractivity contribution in [2.45, 2.75) is 44.2 Å². The number of fused-ring (bicyclic) bond motifs is 1. The average Bonchev–Trinajstić information content (AvgIpc) is 3.19. The first-order valence-corrected chi connectivity index (χ1v) is 11.5. The van der Waals surface area contributed by atoms with E-state index in [1.165, 1.54) is 42.5 Å². The number of allylic oxidation sites excluding steroid dienone is 2. The summed E-state index contributed by atoms with van der Waals surface area (Å²) in [6, 6.07) is 31.8. The van der Waals surface area contributed by atoms with Crippen LogP contribution in [0.15, 0.2) is 103 Å². The Hall–Kier alpha value is -3.13. The Bertz CT molecular complexity index is 1000. The quantitative estimate of drug-likeness (QED) is 0.342. The number of ketones is 1. The zero-order chi connectivity index (χ0) is 21.0. The zero-order valence-corrected chi connectivity index (χ0v) is 17.9. The average molecular weight is 408 g/mol. The molecule has 0 spiro atoms. The normalized spacial score (nSPS) is 22.0. The third-order valence-corrected chi connectivity index (χ3v) is 6.89. The van der Waals surface area contributed by atoms with E-state index in [2.05, 4.69) is 65.6 Å². The van der Waals surface area contributed by atoms with Crippen molar-refractivity contribution in [3.8, 4) is 0 Å². The van der Waals surface area contributed by atoms with Crippen LogP contribution in [0, 0.1) is 5.92 Å². The van der Waals surface area contributed by atoms with Crippen LogP contribution in [0.5, 0.6) is 0 Å². The van der Waals surface area contributed by atoms with E-state index in [9.17, 15) is 4.79 Å². The van der Waals surface area contributed by atoms with E-state index in [-0.39, 0.29) is 11.8 Å². The van der Waals surface area contributed by atoms with Crippen molar-refractivity contribution in [1.82, 2.24) is 4.90 Å². The smallest absolute Gasteiger partial charge is 0.187 e. The number of rotatable bonds is 5. The van der Waals surface area contributed by atoms with Crippen LogP contribution in [-0.2, 0) is 0 Å². The van der Waals surface area contributed by atoms with E-state index < -0.39 is 0 Å². The van der Waals surface area contributed by atoms with Crippen molar-refractivity contribution in [1.29, 1.82) is 0 Å². The van der Waals surface area contributed by atoms with Gasteiger partial charge in [-0.3, -0.25) is 4.79 Å². The van der Waals surface area contributed by atoms with Gasteiger partial charge in [0.15, 0.2) is 5.78 Å².